The predicted octanol–water partition coefficient (Wildman–Crippen LogP) is 2.70. The second kappa shape index (κ2) is 4.66. The Kier molecular flexibility index (Phi) is 3.21. The number of halogens is 1. The van der Waals surface area contributed by atoms with E-state index in [-0.39, 0.29) is 5.56 Å². The fourth-order valence-electron chi connectivity index (χ4n) is 1.63. The van der Waals surface area contributed by atoms with Gasteiger partial charge in [-0.2, -0.15) is 0 Å². The molecule has 2 rings (SSSR count). The normalized spacial score (nSPS) is 10.3. The SMILES string of the molecule is Cc1cc(-c2c[nH]c(=O)c(C(=O)O)c2)ccc1Cl. The average molecular weight is 264 g/mol. The van der Waals surface area contributed by atoms with Crippen LogP contribution in [0.2, 0.25) is 5.02 Å². The van der Waals surface area contributed by atoms with E-state index in [4.69, 9.17) is 16.7 Å². The Morgan fingerprint density at radius 1 is 1.28 bits per heavy atom. The van der Waals surface area contributed by atoms with E-state index in [1.165, 1.54) is 12.3 Å². The van der Waals surface area contributed by atoms with Gasteiger partial charge in [-0.3, -0.25) is 4.79 Å². The van der Waals surface area contributed by atoms with Crippen molar-refractivity contribution in [3.05, 3.63) is 57.0 Å². The summed E-state index contributed by atoms with van der Waals surface area (Å²) in [6, 6.07) is 6.69. The maximum atomic E-state index is 11.3. The van der Waals surface area contributed by atoms with Crippen LogP contribution in [0, 0.1) is 6.92 Å². The number of carbonyl (C=O) groups is 1. The van der Waals surface area contributed by atoms with Crippen LogP contribution >= 0.6 is 11.6 Å². The summed E-state index contributed by atoms with van der Waals surface area (Å²) < 4.78 is 0. The molecule has 92 valence electrons. The van der Waals surface area contributed by atoms with Gasteiger partial charge in [0.25, 0.3) is 5.56 Å². The lowest BCUT2D eigenvalue weighted by molar-refractivity contribution is 0.0695. The first-order valence-corrected chi connectivity index (χ1v) is 5.59. The Morgan fingerprint density at radius 2 is 2.00 bits per heavy atom. The molecule has 0 atom stereocenters. The quantitative estimate of drug-likeness (QED) is 0.875. The molecule has 0 aliphatic heterocycles. The number of nitrogens with one attached hydrogen (secondary N) is 1. The lowest BCUT2D eigenvalue weighted by Crippen LogP contribution is -2.16. The second-order valence-electron chi connectivity index (χ2n) is 3.90. The third-order valence-corrected chi connectivity index (χ3v) is 3.05. The highest BCUT2D eigenvalue weighted by molar-refractivity contribution is 6.31. The molecule has 2 N–H and O–H groups in total. The number of aromatic carboxylic acids is 1. The van der Waals surface area contributed by atoms with E-state index in [0.29, 0.717) is 10.6 Å². The topological polar surface area (TPSA) is 70.2 Å². The average Bonchev–Trinajstić information content (AvgIpc) is 2.33. The largest absolute Gasteiger partial charge is 0.477 e. The standard InChI is InChI=1S/C13H10ClNO3/c1-7-4-8(2-3-11(7)14)9-5-10(13(17)18)12(16)15-6-9/h2-6H,1H3,(H,15,16)(H,17,18). The van der Waals surface area contributed by atoms with Gasteiger partial charge in [0, 0.05) is 11.2 Å². The first kappa shape index (κ1) is 12.4. The minimum absolute atomic E-state index is 0.278. The summed E-state index contributed by atoms with van der Waals surface area (Å²) >= 11 is 5.92. The smallest absolute Gasteiger partial charge is 0.341 e. The third kappa shape index (κ3) is 2.28. The van der Waals surface area contributed by atoms with Gasteiger partial charge in [-0.15, -0.1) is 0 Å². The molecule has 0 saturated carbocycles. The van der Waals surface area contributed by atoms with Crippen molar-refractivity contribution in [3.63, 3.8) is 0 Å². The van der Waals surface area contributed by atoms with Crippen LogP contribution in [-0.2, 0) is 0 Å². The van der Waals surface area contributed by atoms with Crippen molar-refractivity contribution in [1.82, 2.24) is 4.98 Å². The molecule has 0 spiro atoms. The van der Waals surface area contributed by atoms with E-state index in [1.807, 2.05) is 13.0 Å². The van der Waals surface area contributed by atoms with E-state index < -0.39 is 11.5 Å². The molecule has 0 aliphatic carbocycles. The summed E-state index contributed by atoms with van der Waals surface area (Å²) in [6.07, 6.45) is 1.48. The summed E-state index contributed by atoms with van der Waals surface area (Å²) in [7, 11) is 0. The number of aromatic amines is 1. The molecule has 1 aromatic heterocycles. The number of hydrogen-bond donors (Lipinski definition) is 2. The van der Waals surface area contributed by atoms with Gasteiger partial charge in [0.1, 0.15) is 5.56 Å². The monoisotopic (exact) mass is 263 g/mol. The molecule has 0 aliphatic rings. The van der Waals surface area contributed by atoms with E-state index in [1.54, 1.807) is 12.1 Å². The van der Waals surface area contributed by atoms with Crippen molar-refractivity contribution in [2.75, 3.05) is 0 Å². The Balaban J connectivity index is 2.57. The van der Waals surface area contributed by atoms with Crippen molar-refractivity contribution in [2.45, 2.75) is 6.92 Å². The van der Waals surface area contributed by atoms with Gasteiger partial charge in [-0.1, -0.05) is 17.7 Å². The van der Waals surface area contributed by atoms with Crippen LogP contribution in [0.1, 0.15) is 15.9 Å². The molecule has 0 bridgehead atoms. The van der Waals surface area contributed by atoms with Gasteiger partial charge in [0.2, 0.25) is 0 Å². The number of aromatic nitrogens is 1. The number of carboxylic acid groups (broad SMARTS) is 1. The first-order chi connectivity index (χ1) is 8.49. The van der Waals surface area contributed by atoms with Crippen LogP contribution in [0.5, 0.6) is 0 Å². The van der Waals surface area contributed by atoms with E-state index in [2.05, 4.69) is 4.98 Å². The molecule has 18 heavy (non-hydrogen) atoms. The van der Waals surface area contributed by atoms with Gasteiger partial charge in [0.15, 0.2) is 0 Å². The number of benzene rings is 1. The van der Waals surface area contributed by atoms with Crippen molar-refractivity contribution in [3.8, 4) is 11.1 Å². The predicted molar refractivity (Wildman–Crippen MR) is 69.2 cm³/mol. The Bertz CT molecular complexity index is 676. The number of aryl methyl sites for hydroxylation is 1. The maximum Gasteiger partial charge on any atom is 0.341 e. The summed E-state index contributed by atoms with van der Waals surface area (Å²) in [6.45, 7) is 1.86. The number of rotatable bonds is 2. The zero-order valence-electron chi connectivity index (χ0n) is 9.53. The summed E-state index contributed by atoms with van der Waals surface area (Å²) in [5.41, 5.74) is 1.43. The summed E-state index contributed by atoms with van der Waals surface area (Å²) in [5, 5.41) is 9.53. The fraction of sp³-hybridized carbons (Fsp3) is 0.0769. The highest BCUT2D eigenvalue weighted by atomic mass is 35.5. The highest BCUT2D eigenvalue weighted by Crippen LogP contribution is 2.24. The lowest BCUT2D eigenvalue weighted by Gasteiger charge is -2.05. The molecule has 0 unspecified atom stereocenters. The van der Waals surface area contributed by atoms with Gasteiger partial charge in [0.05, 0.1) is 0 Å². The van der Waals surface area contributed by atoms with Gasteiger partial charge in [-0.25, -0.2) is 4.79 Å². The van der Waals surface area contributed by atoms with E-state index >= 15 is 0 Å². The van der Waals surface area contributed by atoms with E-state index in [9.17, 15) is 9.59 Å². The summed E-state index contributed by atoms with van der Waals surface area (Å²) in [5.74, 6) is -1.25. The van der Waals surface area contributed by atoms with E-state index in [0.717, 1.165) is 11.1 Å². The van der Waals surface area contributed by atoms with Crippen LogP contribution in [-0.4, -0.2) is 16.1 Å². The van der Waals surface area contributed by atoms with Crippen molar-refractivity contribution >= 4 is 17.6 Å². The minimum atomic E-state index is -1.25. The molecule has 0 amide bonds. The molecule has 2 aromatic rings. The molecule has 1 heterocycles. The molecule has 0 radical (unpaired) electrons. The number of hydrogen-bond acceptors (Lipinski definition) is 2. The number of H-pyrrole nitrogens is 1. The number of carboxylic acids is 1. The fourth-order valence-corrected chi connectivity index (χ4v) is 1.75. The molecule has 0 saturated heterocycles. The van der Waals surface area contributed by atoms with Crippen LogP contribution in [0.15, 0.2) is 35.3 Å². The maximum absolute atomic E-state index is 11.3. The number of pyridine rings is 1. The first-order valence-electron chi connectivity index (χ1n) is 5.21. The van der Waals surface area contributed by atoms with Gasteiger partial charge >= 0.3 is 5.97 Å². The molecular weight excluding hydrogens is 254 g/mol. The van der Waals surface area contributed by atoms with Crippen molar-refractivity contribution in [1.29, 1.82) is 0 Å². The van der Waals surface area contributed by atoms with Crippen molar-refractivity contribution < 1.29 is 9.90 Å². The zero-order valence-corrected chi connectivity index (χ0v) is 10.3. The van der Waals surface area contributed by atoms with Crippen LogP contribution in [0.25, 0.3) is 11.1 Å². The molecular formula is C13H10ClNO3. The Morgan fingerprint density at radius 3 is 2.61 bits per heavy atom. The molecule has 5 heteroatoms. The lowest BCUT2D eigenvalue weighted by atomic mass is 10.0. The molecule has 1 aromatic carbocycles. The van der Waals surface area contributed by atoms with Crippen LogP contribution in [0.3, 0.4) is 0 Å². The highest BCUT2D eigenvalue weighted by Gasteiger charge is 2.10. The van der Waals surface area contributed by atoms with Crippen LogP contribution < -0.4 is 5.56 Å². The minimum Gasteiger partial charge on any atom is -0.477 e. The zero-order chi connectivity index (χ0) is 13.3. The van der Waals surface area contributed by atoms with Crippen LogP contribution in [0.4, 0.5) is 0 Å². The second-order valence-corrected chi connectivity index (χ2v) is 4.31. The van der Waals surface area contributed by atoms with Crippen molar-refractivity contribution in [2.24, 2.45) is 0 Å². The van der Waals surface area contributed by atoms with Gasteiger partial charge in [-0.05, 0) is 41.8 Å². The summed E-state index contributed by atoms with van der Waals surface area (Å²) in [4.78, 5) is 24.6. The molecule has 4 nitrogen and oxygen atoms in total. The Hall–Kier alpha value is -2.07. The Labute approximate surface area is 108 Å². The molecule has 0 fully saturated rings. The van der Waals surface area contributed by atoms with Gasteiger partial charge < -0.3 is 10.1 Å². The third-order valence-electron chi connectivity index (χ3n) is 2.62.